The monoisotopic (exact) mass is 278 g/mol. The van der Waals surface area contributed by atoms with Crippen molar-refractivity contribution in [3.63, 3.8) is 0 Å². The molecule has 0 aromatic carbocycles. The van der Waals surface area contributed by atoms with E-state index in [2.05, 4.69) is 0 Å². The van der Waals surface area contributed by atoms with Gasteiger partial charge in [-0.05, 0) is 25.2 Å². The molecular formula is C15H18O5. The lowest BCUT2D eigenvalue weighted by Gasteiger charge is -2.38. The second kappa shape index (κ2) is 5.05. The fraction of sp³-hybridized carbons (Fsp3) is 0.600. The Balaban J connectivity index is 1.91. The van der Waals surface area contributed by atoms with Crippen LogP contribution >= 0.6 is 0 Å². The van der Waals surface area contributed by atoms with E-state index in [0.29, 0.717) is 37.4 Å². The van der Waals surface area contributed by atoms with Crippen LogP contribution in [0.4, 0.5) is 0 Å². The summed E-state index contributed by atoms with van der Waals surface area (Å²) in [6, 6.07) is 0. The lowest BCUT2D eigenvalue weighted by molar-refractivity contribution is 0.00662. The summed E-state index contributed by atoms with van der Waals surface area (Å²) in [4.78, 5) is 24.3. The first kappa shape index (κ1) is 13.4. The van der Waals surface area contributed by atoms with Crippen molar-refractivity contribution in [2.24, 2.45) is 5.41 Å². The van der Waals surface area contributed by atoms with Gasteiger partial charge in [0.05, 0.1) is 12.2 Å². The summed E-state index contributed by atoms with van der Waals surface area (Å²) < 4.78 is 15.8. The van der Waals surface area contributed by atoms with Crippen LogP contribution in [0.15, 0.2) is 10.7 Å². The van der Waals surface area contributed by atoms with Crippen LogP contribution in [-0.4, -0.2) is 31.6 Å². The second-order valence-corrected chi connectivity index (χ2v) is 5.56. The lowest BCUT2D eigenvalue weighted by Crippen LogP contribution is -2.37. The van der Waals surface area contributed by atoms with Crippen LogP contribution in [-0.2, 0) is 15.9 Å². The molecule has 2 aliphatic rings. The Labute approximate surface area is 117 Å². The van der Waals surface area contributed by atoms with Crippen molar-refractivity contribution in [2.45, 2.75) is 32.6 Å². The smallest absolute Gasteiger partial charge is 0.342 e. The zero-order valence-electron chi connectivity index (χ0n) is 11.6. The highest BCUT2D eigenvalue weighted by Gasteiger charge is 2.43. The molecular weight excluding hydrogens is 260 g/mol. The van der Waals surface area contributed by atoms with Crippen molar-refractivity contribution in [1.29, 1.82) is 0 Å². The van der Waals surface area contributed by atoms with Crippen LogP contribution < -0.4 is 0 Å². The number of furan rings is 1. The molecule has 0 N–H and O–H groups in total. The Hall–Kier alpha value is -1.62. The van der Waals surface area contributed by atoms with Crippen LogP contribution in [0.2, 0.25) is 0 Å². The van der Waals surface area contributed by atoms with Gasteiger partial charge in [0.25, 0.3) is 0 Å². The Morgan fingerprint density at radius 3 is 2.80 bits per heavy atom. The Kier molecular flexibility index (Phi) is 3.38. The van der Waals surface area contributed by atoms with Gasteiger partial charge in [-0.1, -0.05) is 0 Å². The topological polar surface area (TPSA) is 65.7 Å². The number of fused-ring (bicyclic) bond motifs is 1. The maximum atomic E-state index is 12.4. The summed E-state index contributed by atoms with van der Waals surface area (Å²) in [5, 5.41) is 0. The molecule has 0 atom stereocenters. The summed E-state index contributed by atoms with van der Waals surface area (Å²) in [5.74, 6) is 0.143. The summed E-state index contributed by atoms with van der Waals surface area (Å²) in [6.45, 7) is 3.40. The first-order valence-corrected chi connectivity index (χ1v) is 7.04. The predicted octanol–water partition coefficient (Wildman–Crippen LogP) is 2.38. The van der Waals surface area contributed by atoms with Crippen molar-refractivity contribution in [1.82, 2.24) is 0 Å². The Morgan fingerprint density at radius 2 is 2.10 bits per heavy atom. The van der Waals surface area contributed by atoms with E-state index in [9.17, 15) is 9.59 Å². The largest absolute Gasteiger partial charge is 0.468 e. The maximum absolute atomic E-state index is 12.4. The molecule has 1 aromatic rings. The zero-order chi connectivity index (χ0) is 14.2. The fourth-order valence-electron chi connectivity index (χ4n) is 3.18. The average molecular weight is 278 g/mol. The molecule has 0 radical (unpaired) electrons. The van der Waals surface area contributed by atoms with Gasteiger partial charge in [0.15, 0.2) is 5.78 Å². The van der Waals surface area contributed by atoms with E-state index in [1.165, 1.54) is 6.26 Å². The zero-order valence-corrected chi connectivity index (χ0v) is 11.6. The van der Waals surface area contributed by atoms with Gasteiger partial charge < -0.3 is 13.9 Å². The number of hydrogen-bond donors (Lipinski definition) is 0. The average Bonchev–Trinajstić information content (AvgIpc) is 2.83. The number of Topliss-reactive ketones (excluding diaryl/α,β-unsaturated/α-hetero) is 1. The van der Waals surface area contributed by atoms with Crippen LogP contribution in [0.1, 0.15) is 52.7 Å². The summed E-state index contributed by atoms with van der Waals surface area (Å²) in [6.07, 6.45) is 4.27. The molecule has 3 rings (SSSR count). The van der Waals surface area contributed by atoms with Crippen molar-refractivity contribution >= 4 is 11.8 Å². The molecule has 0 saturated carbocycles. The van der Waals surface area contributed by atoms with Crippen molar-refractivity contribution < 1.29 is 23.5 Å². The van der Waals surface area contributed by atoms with Crippen molar-refractivity contribution in [3.05, 3.63) is 23.2 Å². The van der Waals surface area contributed by atoms with E-state index in [0.717, 1.165) is 12.8 Å². The third kappa shape index (κ3) is 2.16. The molecule has 1 spiro atoms. The molecule has 1 fully saturated rings. The van der Waals surface area contributed by atoms with E-state index in [4.69, 9.17) is 13.9 Å². The maximum Gasteiger partial charge on any atom is 0.342 e. The summed E-state index contributed by atoms with van der Waals surface area (Å²) >= 11 is 0. The highest BCUT2D eigenvalue weighted by atomic mass is 16.5. The normalized spacial score (nSPS) is 20.8. The number of ketones is 1. The minimum Gasteiger partial charge on any atom is -0.468 e. The van der Waals surface area contributed by atoms with Crippen LogP contribution in [0.3, 0.4) is 0 Å². The molecule has 1 aromatic heterocycles. The van der Waals surface area contributed by atoms with Gasteiger partial charge in [-0.3, -0.25) is 4.79 Å². The van der Waals surface area contributed by atoms with Gasteiger partial charge in [-0.15, -0.1) is 0 Å². The molecule has 1 aliphatic carbocycles. The molecule has 0 amide bonds. The minimum atomic E-state index is -0.478. The van der Waals surface area contributed by atoms with Gasteiger partial charge in [0.2, 0.25) is 0 Å². The predicted molar refractivity (Wildman–Crippen MR) is 69.8 cm³/mol. The molecule has 5 heteroatoms. The van der Waals surface area contributed by atoms with E-state index < -0.39 is 5.97 Å². The summed E-state index contributed by atoms with van der Waals surface area (Å²) in [5.41, 5.74) is 0.654. The molecule has 0 bridgehead atoms. The van der Waals surface area contributed by atoms with Gasteiger partial charge in [0.1, 0.15) is 17.6 Å². The van der Waals surface area contributed by atoms with Gasteiger partial charge >= 0.3 is 5.97 Å². The minimum absolute atomic E-state index is 0.00930. The van der Waals surface area contributed by atoms with E-state index in [1.54, 1.807) is 6.92 Å². The number of ether oxygens (including phenoxy) is 2. The highest BCUT2D eigenvalue weighted by Crippen LogP contribution is 2.44. The third-order valence-electron chi connectivity index (χ3n) is 4.27. The molecule has 1 saturated heterocycles. The molecule has 108 valence electrons. The van der Waals surface area contributed by atoms with Gasteiger partial charge in [-0.25, -0.2) is 4.79 Å². The number of carbonyl (C=O) groups is 2. The quantitative estimate of drug-likeness (QED) is 0.777. The SMILES string of the molecule is CCOC(=O)c1coc2c1C(=O)CC1(CCOCC1)C2. The van der Waals surface area contributed by atoms with Gasteiger partial charge in [0, 0.05) is 26.1 Å². The number of hydrogen-bond acceptors (Lipinski definition) is 5. The molecule has 1 aliphatic heterocycles. The first-order chi connectivity index (χ1) is 9.65. The Bertz CT molecular complexity index is 536. The van der Waals surface area contributed by atoms with Crippen molar-refractivity contribution in [2.75, 3.05) is 19.8 Å². The van der Waals surface area contributed by atoms with Crippen LogP contribution in [0.5, 0.6) is 0 Å². The molecule has 20 heavy (non-hydrogen) atoms. The molecule has 5 nitrogen and oxygen atoms in total. The molecule has 0 unspecified atom stereocenters. The number of rotatable bonds is 2. The lowest BCUT2D eigenvalue weighted by atomic mass is 9.68. The third-order valence-corrected chi connectivity index (χ3v) is 4.27. The van der Waals surface area contributed by atoms with E-state index in [-0.39, 0.29) is 23.4 Å². The Morgan fingerprint density at radius 1 is 1.35 bits per heavy atom. The van der Waals surface area contributed by atoms with E-state index >= 15 is 0 Å². The van der Waals surface area contributed by atoms with Gasteiger partial charge in [-0.2, -0.15) is 0 Å². The molecule has 2 heterocycles. The first-order valence-electron chi connectivity index (χ1n) is 7.04. The fourth-order valence-corrected chi connectivity index (χ4v) is 3.18. The van der Waals surface area contributed by atoms with Crippen LogP contribution in [0, 0.1) is 5.41 Å². The number of esters is 1. The van der Waals surface area contributed by atoms with Crippen LogP contribution in [0.25, 0.3) is 0 Å². The highest BCUT2D eigenvalue weighted by molar-refractivity contribution is 6.08. The summed E-state index contributed by atoms with van der Waals surface area (Å²) in [7, 11) is 0. The van der Waals surface area contributed by atoms with Crippen molar-refractivity contribution in [3.8, 4) is 0 Å². The second-order valence-electron chi connectivity index (χ2n) is 5.56. The van der Waals surface area contributed by atoms with E-state index in [1.807, 2.05) is 0 Å². The standard InChI is InChI=1S/C15H18O5/c1-2-19-14(17)10-9-20-12-8-15(3-5-18-6-4-15)7-11(16)13(10)12/h9H,2-8H2,1H3. The number of carbonyl (C=O) groups excluding carboxylic acids is 2.